The van der Waals surface area contributed by atoms with Crippen LogP contribution < -0.4 is 16.0 Å². The maximum atomic E-state index is 12.5. The Kier molecular flexibility index (Phi) is 4.69. The Bertz CT molecular complexity index is 1160. The lowest BCUT2D eigenvalue weighted by Crippen LogP contribution is -2.41. The average Bonchev–Trinajstić information content (AvgIpc) is 3.50. The Morgan fingerprint density at radius 2 is 2.00 bits per heavy atom. The van der Waals surface area contributed by atoms with Gasteiger partial charge in [0.25, 0.3) is 11.8 Å². The summed E-state index contributed by atoms with van der Waals surface area (Å²) in [6, 6.07) is 16.9. The van der Waals surface area contributed by atoms with Gasteiger partial charge in [-0.1, -0.05) is 30.3 Å². The van der Waals surface area contributed by atoms with Gasteiger partial charge in [0.15, 0.2) is 0 Å². The van der Waals surface area contributed by atoms with Crippen molar-refractivity contribution in [3.8, 4) is 11.1 Å². The number of furan rings is 1. The minimum Gasteiger partial charge on any atom is -0.464 e. The fourth-order valence-corrected chi connectivity index (χ4v) is 3.89. The number of hydrogen-bond donors (Lipinski definition) is 3. The van der Waals surface area contributed by atoms with Crippen molar-refractivity contribution in [2.45, 2.75) is 19.0 Å². The standard InChI is InChI=1S/C24H21N3O3/c28-23(27-22-9-4-10-25-22)16-6-3-5-15(11-16)17-12-18(30-14-17)13-20-19-7-1-2-8-21(19)26-24(20)29/h1-3,5-8,11-14,22,25H,4,9-10H2,(H,26,29)(H,27,28). The molecule has 6 heteroatoms. The van der Waals surface area contributed by atoms with Crippen LogP contribution in [0.15, 0.2) is 65.3 Å². The van der Waals surface area contributed by atoms with Gasteiger partial charge in [-0.05, 0) is 55.3 Å². The van der Waals surface area contributed by atoms with E-state index in [2.05, 4.69) is 16.0 Å². The Hall–Kier alpha value is -3.64. The number of para-hydroxylation sites is 1. The molecule has 1 saturated heterocycles. The number of rotatable bonds is 4. The second-order valence-corrected chi connectivity index (χ2v) is 7.50. The van der Waals surface area contributed by atoms with Gasteiger partial charge in [0, 0.05) is 22.4 Å². The Labute approximate surface area is 174 Å². The van der Waals surface area contributed by atoms with Gasteiger partial charge >= 0.3 is 0 Å². The van der Waals surface area contributed by atoms with Gasteiger partial charge < -0.3 is 15.1 Å². The van der Waals surface area contributed by atoms with E-state index in [-0.39, 0.29) is 18.0 Å². The van der Waals surface area contributed by atoms with E-state index in [1.165, 1.54) is 0 Å². The Morgan fingerprint density at radius 3 is 2.87 bits per heavy atom. The van der Waals surface area contributed by atoms with E-state index in [1.54, 1.807) is 18.4 Å². The number of carbonyl (C=O) groups excluding carboxylic acids is 2. The maximum absolute atomic E-state index is 12.5. The summed E-state index contributed by atoms with van der Waals surface area (Å²) < 4.78 is 5.69. The molecule has 0 saturated carbocycles. The molecule has 0 spiro atoms. The van der Waals surface area contributed by atoms with Crippen LogP contribution in [-0.2, 0) is 4.79 Å². The van der Waals surface area contributed by atoms with Crippen LogP contribution in [0.4, 0.5) is 5.69 Å². The number of hydrogen-bond acceptors (Lipinski definition) is 4. The molecule has 3 aromatic rings. The quantitative estimate of drug-likeness (QED) is 0.582. The van der Waals surface area contributed by atoms with Crippen LogP contribution in [0.3, 0.4) is 0 Å². The van der Waals surface area contributed by atoms with Gasteiger partial charge in [-0.3, -0.25) is 14.9 Å². The van der Waals surface area contributed by atoms with Crippen LogP contribution in [0.25, 0.3) is 22.8 Å². The van der Waals surface area contributed by atoms with Crippen molar-refractivity contribution in [3.05, 3.63) is 77.7 Å². The Balaban J connectivity index is 1.38. The van der Waals surface area contributed by atoms with Crippen molar-refractivity contribution < 1.29 is 14.0 Å². The van der Waals surface area contributed by atoms with Crippen LogP contribution in [0.2, 0.25) is 0 Å². The summed E-state index contributed by atoms with van der Waals surface area (Å²) in [7, 11) is 0. The van der Waals surface area contributed by atoms with Crippen LogP contribution in [0.1, 0.15) is 34.5 Å². The average molecular weight is 399 g/mol. The van der Waals surface area contributed by atoms with Gasteiger partial charge in [-0.15, -0.1) is 0 Å². The SMILES string of the molecule is O=C1Nc2ccccc2C1=Cc1cc(-c2cccc(C(=O)NC3CCCN3)c2)co1. The molecule has 30 heavy (non-hydrogen) atoms. The van der Waals surface area contributed by atoms with Crippen molar-refractivity contribution in [3.63, 3.8) is 0 Å². The molecule has 150 valence electrons. The zero-order valence-electron chi connectivity index (χ0n) is 16.3. The summed E-state index contributed by atoms with van der Waals surface area (Å²) in [4.78, 5) is 24.8. The van der Waals surface area contributed by atoms with E-state index in [4.69, 9.17) is 4.42 Å². The second-order valence-electron chi connectivity index (χ2n) is 7.50. The normalized spacial score (nSPS) is 19.0. The van der Waals surface area contributed by atoms with E-state index in [0.29, 0.717) is 16.9 Å². The summed E-state index contributed by atoms with van der Waals surface area (Å²) in [5.41, 5.74) is 4.57. The van der Waals surface area contributed by atoms with Crippen molar-refractivity contribution >= 4 is 29.2 Å². The lowest BCUT2D eigenvalue weighted by atomic mass is 10.0. The monoisotopic (exact) mass is 399 g/mol. The van der Waals surface area contributed by atoms with E-state index in [1.807, 2.05) is 48.5 Å². The van der Waals surface area contributed by atoms with E-state index < -0.39 is 0 Å². The number of nitrogens with one attached hydrogen (secondary N) is 3. The molecule has 5 rings (SSSR count). The van der Waals surface area contributed by atoms with E-state index in [9.17, 15) is 9.59 Å². The third-order valence-corrected chi connectivity index (χ3v) is 5.44. The molecule has 1 atom stereocenters. The van der Waals surface area contributed by atoms with Crippen molar-refractivity contribution in [1.82, 2.24) is 10.6 Å². The predicted octanol–water partition coefficient (Wildman–Crippen LogP) is 3.88. The first kappa shape index (κ1) is 18.4. The topological polar surface area (TPSA) is 83.4 Å². The lowest BCUT2D eigenvalue weighted by Gasteiger charge is -2.13. The molecule has 2 amide bonds. The second kappa shape index (κ2) is 7.65. The van der Waals surface area contributed by atoms with Crippen LogP contribution in [0.5, 0.6) is 0 Å². The van der Waals surface area contributed by atoms with Gasteiger partial charge in [0.2, 0.25) is 0 Å². The lowest BCUT2D eigenvalue weighted by molar-refractivity contribution is -0.110. The third kappa shape index (κ3) is 3.53. The van der Waals surface area contributed by atoms with Crippen molar-refractivity contribution in [2.75, 3.05) is 11.9 Å². The largest absolute Gasteiger partial charge is 0.464 e. The van der Waals surface area contributed by atoms with Crippen molar-refractivity contribution in [1.29, 1.82) is 0 Å². The first-order chi connectivity index (χ1) is 14.7. The summed E-state index contributed by atoms with van der Waals surface area (Å²) in [6.45, 7) is 0.931. The van der Waals surface area contributed by atoms with E-state index in [0.717, 1.165) is 41.8 Å². The van der Waals surface area contributed by atoms with Gasteiger partial charge in [-0.25, -0.2) is 0 Å². The number of anilines is 1. The zero-order valence-corrected chi connectivity index (χ0v) is 16.3. The highest BCUT2D eigenvalue weighted by atomic mass is 16.3. The first-order valence-electron chi connectivity index (χ1n) is 10.0. The van der Waals surface area contributed by atoms with Gasteiger partial charge in [0.1, 0.15) is 5.76 Å². The molecule has 6 nitrogen and oxygen atoms in total. The molecule has 3 heterocycles. The molecular formula is C24H21N3O3. The minimum atomic E-state index is -0.145. The molecule has 1 aromatic heterocycles. The summed E-state index contributed by atoms with van der Waals surface area (Å²) >= 11 is 0. The summed E-state index contributed by atoms with van der Waals surface area (Å²) in [5.74, 6) is 0.339. The minimum absolute atomic E-state index is 0.0359. The first-order valence-corrected chi connectivity index (χ1v) is 10.0. The molecule has 1 fully saturated rings. The molecule has 2 aliphatic rings. The highest BCUT2D eigenvalue weighted by Crippen LogP contribution is 2.33. The highest BCUT2D eigenvalue weighted by Gasteiger charge is 2.24. The summed E-state index contributed by atoms with van der Waals surface area (Å²) in [5, 5.41) is 9.14. The van der Waals surface area contributed by atoms with E-state index >= 15 is 0 Å². The maximum Gasteiger partial charge on any atom is 0.256 e. The Morgan fingerprint density at radius 1 is 1.10 bits per heavy atom. The number of fused-ring (bicyclic) bond motifs is 1. The number of carbonyl (C=O) groups is 2. The molecule has 0 bridgehead atoms. The molecule has 1 unspecified atom stereocenters. The van der Waals surface area contributed by atoms with Crippen LogP contribution in [0, 0.1) is 0 Å². The van der Waals surface area contributed by atoms with Crippen molar-refractivity contribution in [2.24, 2.45) is 0 Å². The highest BCUT2D eigenvalue weighted by molar-refractivity contribution is 6.34. The molecular weight excluding hydrogens is 378 g/mol. The fourth-order valence-electron chi connectivity index (χ4n) is 3.89. The zero-order chi connectivity index (χ0) is 20.5. The molecule has 2 aromatic carbocycles. The van der Waals surface area contributed by atoms with Gasteiger partial charge in [0.05, 0.1) is 18.0 Å². The molecule has 0 radical (unpaired) electrons. The number of benzene rings is 2. The molecule has 2 aliphatic heterocycles. The number of amides is 2. The smallest absolute Gasteiger partial charge is 0.256 e. The fraction of sp³-hybridized carbons (Fsp3) is 0.167. The van der Waals surface area contributed by atoms with Gasteiger partial charge in [-0.2, -0.15) is 0 Å². The summed E-state index contributed by atoms with van der Waals surface area (Å²) in [6.07, 6.45) is 5.44. The van der Waals surface area contributed by atoms with Crippen LogP contribution in [-0.4, -0.2) is 24.5 Å². The molecule has 3 N–H and O–H groups in total. The predicted molar refractivity (Wildman–Crippen MR) is 116 cm³/mol. The molecule has 0 aliphatic carbocycles. The van der Waals surface area contributed by atoms with Crippen LogP contribution >= 0.6 is 0 Å². The third-order valence-electron chi connectivity index (χ3n) is 5.44.